The van der Waals surface area contributed by atoms with Gasteiger partial charge in [-0.3, -0.25) is 15.0 Å². The molecule has 1 aliphatic rings. The van der Waals surface area contributed by atoms with E-state index in [0.29, 0.717) is 18.7 Å². The van der Waals surface area contributed by atoms with Gasteiger partial charge in [0.25, 0.3) is 11.8 Å². The Labute approximate surface area is 172 Å². The van der Waals surface area contributed by atoms with E-state index in [9.17, 15) is 19.2 Å². The van der Waals surface area contributed by atoms with Crippen molar-refractivity contribution in [3.8, 4) is 0 Å². The minimum absolute atomic E-state index is 0.0912. The van der Waals surface area contributed by atoms with Crippen LogP contribution in [-0.2, 0) is 4.74 Å². The van der Waals surface area contributed by atoms with Gasteiger partial charge in [-0.2, -0.15) is 11.3 Å². The zero-order valence-electron chi connectivity index (χ0n) is 15.9. The molecule has 152 valence electrons. The minimum atomic E-state index is -0.985. The predicted molar refractivity (Wildman–Crippen MR) is 107 cm³/mol. The Morgan fingerprint density at radius 3 is 2.48 bits per heavy atom. The number of thiophene rings is 1. The van der Waals surface area contributed by atoms with Crippen molar-refractivity contribution < 1.29 is 23.9 Å². The van der Waals surface area contributed by atoms with E-state index in [0.717, 1.165) is 17.9 Å². The summed E-state index contributed by atoms with van der Waals surface area (Å²) in [5.74, 6) is -1.49. The van der Waals surface area contributed by atoms with E-state index < -0.39 is 18.0 Å². The van der Waals surface area contributed by atoms with E-state index in [2.05, 4.69) is 5.43 Å². The molecule has 0 spiro atoms. The van der Waals surface area contributed by atoms with Crippen LogP contribution in [0.15, 0.2) is 41.1 Å². The second-order valence-corrected chi connectivity index (χ2v) is 7.21. The monoisotopic (exact) mass is 415 g/mol. The lowest BCUT2D eigenvalue weighted by atomic mass is 10.1. The Kier molecular flexibility index (Phi) is 6.61. The lowest BCUT2D eigenvalue weighted by molar-refractivity contribution is 0.0471. The SMILES string of the molecule is CCN(NC(=O)c1cccc(C(=O)N2CCCC2)c1)C(=O)OC(=O)c1ccsc1. The first kappa shape index (κ1) is 20.5. The van der Waals surface area contributed by atoms with Crippen molar-refractivity contribution in [2.45, 2.75) is 19.8 Å². The maximum absolute atomic E-state index is 12.6. The van der Waals surface area contributed by atoms with Gasteiger partial charge in [-0.1, -0.05) is 6.07 Å². The van der Waals surface area contributed by atoms with E-state index in [1.807, 2.05) is 0 Å². The zero-order valence-corrected chi connectivity index (χ0v) is 16.7. The Morgan fingerprint density at radius 1 is 1.10 bits per heavy atom. The Balaban J connectivity index is 1.64. The highest BCUT2D eigenvalue weighted by atomic mass is 32.1. The van der Waals surface area contributed by atoms with Gasteiger partial charge in [-0.25, -0.2) is 14.6 Å². The van der Waals surface area contributed by atoms with Gasteiger partial charge in [-0.15, -0.1) is 0 Å². The van der Waals surface area contributed by atoms with E-state index in [1.165, 1.54) is 23.5 Å². The number of hydrogen-bond donors (Lipinski definition) is 1. The van der Waals surface area contributed by atoms with Crippen LogP contribution < -0.4 is 5.43 Å². The van der Waals surface area contributed by atoms with Gasteiger partial charge in [0.1, 0.15) is 0 Å². The number of nitrogens with one attached hydrogen (secondary N) is 1. The molecule has 2 aromatic rings. The number of ether oxygens (including phenoxy) is 1. The lowest BCUT2D eigenvalue weighted by Gasteiger charge is -2.20. The predicted octanol–water partition coefficient (Wildman–Crippen LogP) is 2.93. The molecule has 8 nitrogen and oxygen atoms in total. The molecule has 3 amide bonds. The molecule has 3 rings (SSSR count). The molecule has 29 heavy (non-hydrogen) atoms. The fraction of sp³-hybridized carbons (Fsp3) is 0.300. The number of rotatable bonds is 4. The third kappa shape index (κ3) is 5.00. The number of benzene rings is 1. The maximum Gasteiger partial charge on any atom is 0.436 e. The fourth-order valence-electron chi connectivity index (χ4n) is 2.91. The highest BCUT2D eigenvalue weighted by Gasteiger charge is 2.23. The van der Waals surface area contributed by atoms with Crippen LogP contribution in [0.25, 0.3) is 0 Å². The second-order valence-electron chi connectivity index (χ2n) is 6.43. The van der Waals surface area contributed by atoms with Crippen LogP contribution in [0.5, 0.6) is 0 Å². The van der Waals surface area contributed by atoms with Crippen LogP contribution in [0.2, 0.25) is 0 Å². The molecule has 2 heterocycles. The third-order valence-electron chi connectivity index (χ3n) is 4.47. The standard InChI is InChI=1S/C20H21N3O5S/c1-2-23(20(27)28-19(26)16-8-11-29-13-16)21-17(24)14-6-5-7-15(12-14)18(25)22-9-3-4-10-22/h5-8,11-13H,2-4,9-10H2,1H3,(H,21,24). The molecule has 0 saturated carbocycles. The molecule has 1 aliphatic heterocycles. The molecular weight excluding hydrogens is 394 g/mol. The van der Waals surface area contributed by atoms with Crippen molar-refractivity contribution >= 4 is 35.2 Å². The van der Waals surface area contributed by atoms with E-state index in [1.54, 1.807) is 40.8 Å². The molecule has 0 radical (unpaired) electrons. The molecule has 1 saturated heterocycles. The summed E-state index contributed by atoms with van der Waals surface area (Å²) in [5.41, 5.74) is 3.32. The lowest BCUT2D eigenvalue weighted by Crippen LogP contribution is -2.46. The Hall–Kier alpha value is -3.20. The normalized spacial score (nSPS) is 13.1. The molecular formula is C20H21N3O5S. The largest absolute Gasteiger partial charge is 0.436 e. The highest BCUT2D eigenvalue weighted by Crippen LogP contribution is 2.14. The van der Waals surface area contributed by atoms with Gasteiger partial charge < -0.3 is 9.64 Å². The fourth-order valence-corrected chi connectivity index (χ4v) is 3.54. The topological polar surface area (TPSA) is 96.0 Å². The van der Waals surface area contributed by atoms with Gasteiger partial charge in [0.15, 0.2) is 0 Å². The first-order valence-corrected chi connectivity index (χ1v) is 10.2. The molecule has 1 aromatic carbocycles. The van der Waals surface area contributed by atoms with E-state index in [-0.39, 0.29) is 23.6 Å². The number of carbonyl (C=O) groups excluding carboxylic acids is 4. The second kappa shape index (κ2) is 9.33. The van der Waals surface area contributed by atoms with Crippen LogP contribution in [0.3, 0.4) is 0 Å². The molecule has 0 atom stereocenters. The molecule has 0 unspecified atom stereocenters. The summed E-state index contributed by atoms with van der Waals surface area (Å²) in [4.78, 5) is 51.0. The Bertz CT molecular complexity index is 907. The first-order chi connectivity index (χ1) is 14.0. The number of hydrazine groups is 1. The first-order valence-electron chi connectivity index (χ1n) is 9.25. The van der Waals surface area contributed by atoms with Gasteiger partial charge in [0.2, 0.25) is 0 Å². The third-order valence-corrected chi connectivity index (χ3v) is 5.16. The summed E-state index contributed by atoms with van der Waals surface area (Å²) in [5, 5.41) is 4.16. The number of carbonyl (C=O) groups is 4. The highest BCUT2D eigenvalue weighted by molar-refractivity contribution is 7.08. The van der Waals surface area contributed by atoms with Gasteiger partial charge in [0.05, 0.1) is 5.56 Å². The summed E-state index contributed by atoms with van der Waals surface area (Å²) in [7, 11) is 0. The average molecular weight is 415 g/mol. The van der Waals surface area contributed by atoms with Crippen molar-refractivity contribution in [1.82, 2.24) is 15.3 Å². The number of nitrogens with zero attached hydrogens (tertiary/aromatic N) is 2. The molecule has 0 aliphatic carbocycles. The summed E-state index contributed by atoms with van der Waals surface area (Å²) in [6.07, 6.45) is 0.967. The van der Waals surface area contributed by atoms with Crippen molar-refractivity contribution in [2.75, 3.05) is 19.6 Å². The Morgan fingerprint density at radius 2 is 1.83 bits per heavy atom. The van der Waals surface area contributed by atoms with E-state index in [4.69, 9.17) is 4.74 Å². The molecule has 1 fully saturated rings. The zero-order chi connectivity index (χ0) is 20.8. The van der Waals surface area contributed by atoms with Crippen molar-refractivity contribution in [3.63, 3.8) is 0 Å². The molecule has 9 heteroatoms. The quantitative estimate of drug-likeness (QED) is 0.471. The summed E-state index contributed by atoms with van der Waals surface area (Å²) >= 11 is 1.30. The maximum atomic E-state index is 12.6. The van der Waals surface area contributed by atoms with Crippen LogP contribution in [0.4, 0.5) is 4.79 Å². The van der Waals surface area contributed by atoms with Crippen LogP contribution >= 0.6 is 11.3 Å². The number of amides is 3. The molecule has 1 aromatic heterocycles. The van der Waals surface area contributed by atoms with Gasteiger partial charge in [0, 0.05) is 36.1 Å². The number of hydrogen-bond acceptors (Lipinski definition) is 6. The summed E-state index contributed by atoms with van der Waals surface area (Å²) < 4.78 is 4.79. The molecule has 0 bridgehead atoms. The number of esters is 1. The average Bonchev–Trinajstić information content (AvgIpc) is 3.45. The summed E-state index contributed by atoms with van der Waals surface area (Å²) in [6, 6.07) is 7.85. The molecule has 1 N–H and O–H groups in total. The smallest absolute Gasteiger partial charge is 0.371 e. The van der Waals surface area contributed by atoms with Crippen LogP contribution in [0.1, 0.15) is 50.8 Å². The van der Waals surface area contributed by atoms with Crippen molar-refractivity contribution in [2.24, 2.45) is 0 Å². The van der Waals surface area contributed by atoms with Crippen LogP contribution in [-0.4, -0.2) is 53.4 Å². The van der Waals surface area contributed by atoms with E-state index >= 15 is 0 Å². The number of likely N-dealkylation sites (tertiary alicyclic amines) is 1. The minimum Gasteiger partial charge on any atom is -0.371 e. The van der Waals surface area contributed by atoms with Gasteiger partial charge in [-0.05, 0) is 49.4 Å². The van der Waals surface area contributed by atoms with Crippen molar-refractivity contribution in [3.05, 3.63) is 57.8 Å². The van der Waals surface area contributed by atoms with Crippen LogP contribution in [0, 0.1) is 0 Å². The van der Waals surface area contributed by atoms with Crippen molar-refractivity contribution in [1.29, 1.82) is 0 Å². The van der Waals surface area contributed by atoms with Gasteiger partial charge >= 0.3 is 12.1 Å². The summed E-state index contributed by atoms with van der Waals surface area (Å²) in [6.45, 7) is 3.14.